The third-order valence-corrected chi connectivity index (χ3v) is 2.80. The molecule has 1 saturated carbocycles. The van der Waals surface area contributed by atoms with E-state index in [-0.39, 0.29) is 0 Å². The zero-order chi connectivity index (χ0) is 7.98. The van der Waals surface area contributed by atoms with Crippen molar-refractivity contribution in [2.45, 2.75) is 40.0 Å². The van der Waals surface area contributed by atoms with Gasteiger partial charge in [0, 0.05) is 0 Å². The van der Waals surface area contributed by atoms with Crippen LogP contribution in [0.3, 0.4) is 0 Å². The van der Waals surface area contributed by atoms with Crippen LogP contribution in [0.25, 0.3) is 0 Å². The minimum atomic E-state index is 1.01. The summed E-state index contributed by atoms with van der Waals surface area (Å²) in [6, 6.07) is 0. The van der Waals surface area contributed by atoms with Crippen molar-refractivity contribution < 1.29 is 0 Å². The summed E-state index contributed by atoms with van der Waals surface area (Å²) in [5.41, 5.74) is 0. The fraction of sp³-hybridized carbons (Fsp3) is 1.00. The van der Waals surface area contributed by atoms with E-state index in [0.29, 0.717) is 0 Å². The quantitative estimate of drug-likeness (QED) is 0.516. The summed E-state index contributed by atoms with van der Waals surface area (Å²) in [5.74, 6) is 2.05. The molecule has 3 unspecified atom stereocenters. The largest absolute Gasteiger partial charge is 0.137 e. The average molecular weight is 160 g/mol. The molecule has 1 aliphatic carbocycles. The van der Waals surface area contributed by atoms with Gasteiger partial charge >= 0.3 is 0 Å². The third kappa shape index (κ3) is 3.56. The Hall–Kier alpha value is 0.430. The van der Waals surface area contributed by atoms with E-state index in [9.17, 15) is 0 Å². The molecule has 0 N–H and O–H groups in total. The van der Waals surface area contributed by atoms with E-state index in [4.69, 9.17) is 0 Å². The van der Waals surface area contributed by atoms with Crippen LogP contribution in [0.15, 0.2) is 0 Å². The van der Waals surface area contributed by atoms with Crippen molar-refractivity contribution in [2.24, 2.45) is 11.8 Å². The van der Waals surface area contributed by atoms with Gasteiger partial charge in [-0.15, -0.1) is 9.24 Å². The van der Waals surface area contributed by atoms with E-state index in [1.165, 1.54) is 25.4 Å². The van der Waals surface area contributed by atoms with Gasteiger partial charge in [0.15, 0.2) is 0 Å². The first-order valence-electron chi connectivity index (χ1n) is 4.53. The Kier molecular flexibility index (Phi) is 6.43. The molecular weight excluding hydrogens is 139 g/mol. The van der Waals surface area contributed by atoms with Gasteiger partial charge in [0.2, 0.25) is 0 Å². The van der Waals surface area contributed by atoms with Gasteiger partial charge in [0.1, 0.15) is 0 Å². The molecule has 10 heavy (non-hydrogen) atoms. The zero-order valence-corrected chi connectivity index (χ0v) is 8.72. The van der Waals surface area contributed by atoms with Crippen molar-refractivity contribution in [3.05, 3.63) is 0 Å². The normalized spacial score (nSPS) is 31.2. The Morgan fingerprint density at radius 2 is 1.90 bits per heavy atom. The van der Waals surface area contributed by atoms with Crippen molar-refractivity contribution in [3.8, 4) is 0 Å². The van der Waals surface area contributed by atoms with Crippen LogP contribution in [0.2, 0.25) is 0 Å². The van der Waals surface area contributed by atoms with Crippen molar-refractivity contribution >= 4 is 9.24 Å². The summed E-state index contributed by atoms with van der Waals surface area (Å²) in [4.78, 5) is 0. The molecule has 0 nitrogen and oxygen atoms in total. The number of hydrogen-bond donors (Lipinski definition) is 0. The third-order valence-electron chi connectivity index (χ3n) is 2.14. The fourth-order valence-corrected chi connectivity index (χ4v) is 1.97. The Labute approximate surface area is 68.0 Å². The second-order valence-corrected chi connectivity index (χ2v) is 3.49. The second-order valence-electron chi connectivity index (χ2n) is 3.02. The highest BCUT2D eigenvalue weighted by Crippen LogP contribution is 2.31. The SMILES string of the molecule is CC.CC1CCC(CP)C1. The van der Waals surface area contributed by atoms with Gasteiger partial charge in [-0.3, -0.25) is 0 Å². The summed E-state index contributed by atoms with van der Waals surface area (Å²) in [7, 11) is 2.84. The minimum Gasteiger partial charge on any atom is -0.137 e. The van der Waals surface area contributed by atoms with E-state index >= 15 is 0 Å². The van der Waals surface area contributed by atoms with Crippen LogP contribution < -0.4 is 0 Å². The van der Waals surface area contributed by atoms with Crippen LogP contribution in [0, 0.1) is 11.8 Å². The van der Waals surface area contributed by atoms with E-state index in [2.05, 4.69) is 16.2 Å². The van der Waals surface area contributed by atoms with E-state index < -0.39 is 0 Å². The Bertz CT molecular complexity index is 71.1. The lowest BCUT2D eigenvalue weighted by molar-refractivity contribution is 0.561. The molecule has 0 aromatic carbocycles. The summed E-state index contributed by atoms with van der Waals surface area (Å²) >= 11 is 0. The Morgan fingerprint density at radius 1 is 1.30 bits per heavy atom. The molecular formula is C9H21P. The monoisotopic (exact) mass is 160 g/mol. The fourth-order valence-electron chi connectivity index (χ4n) is 1.54. The topological polar surface area (TPSA) is 0 Å². The predicted molar refractivity (Wildman–Crippen MR) is 52.4 cm³/mol. The maximum absolute atomic E-state index is 2.84. The molecule has 0 aromatic rings. The van der Waals surface area contributed by atoms with Gasteiger partial charge in [-0.05, 0) is 30.8 Å². The van der Waals surface area contributed by atoms with Crippen molar-refractivity contribution in [1.29, 1.82) is 0 Å². The molecule has 0 spiro atoms. The summed E-state index contributed by atoms with van der Waals surface area (Å²) in [6.07, 6.45) is 5.75. The van der Waals surface area contributed by atoms with Gasteiger partial charge in [0.25, 0.3) is 0 Å². The summed E-state index contributed by atoms with van der Waals surface area (Å²) < 4.78 is 0. The summed E-state index contributed by atoms with van der Waals surface area (Å²) in [5, 5.41) is 0. The maximum Gasteiger partial charge on any atom is -0.0353 e. The standard InChI is InChI=1S/C7H15P.C2H6/c1-6-2-3-7(4-6)5-8;1-2/h6-7H,2-5,8H2,1H3;1-2H3. The van der Waals surface area contributed by atoms with E-state index in [1.54, 1.807) is 0 Å². The number of rotatable bonds is 1. The molecule has 1 heteroatoms. The van der Waals surface area contributed by atoms with Crippen LogP contribution in [0.4, 0.5) is 0 Å². The molecule has 3 atom stereocenters. The molecule has 0 bridgehead atoms. The van der Waals surface area contributed by atoms with Gasteiger partial charge < -0.3 is 0 Å². The van der Waals surface area contributed by atoms with Crippen molar-refractivity contribution in [3.63, 3.8) is 0 Å². The molecule has 1 rings (SSSR count). The molecule has 0 saturated heterocycles. The Morgan fingerprint density at radius 3 is 2.10 bits per heavy atom. The van der Waals surface area contributed by atoms with Gasteiger partial charge in [-0.2, -0.15) is 0 Å². The number of hydrogen-bond acceptors (Lipinski definition) is 0. The van der Waals surface area contributed by atoms with Crippen LogP contribution >= 0.6 is 9.24 Å². The van der Waals surface area contributed by atoms with Crippen molar-refractivity contribution in [1.82, 2.24) is 0 Å². The van der Waals surface area contributed by atoms with E-state index in [0.717, 1.165) is 11.8 Å². The summed E-state index contributed by atoms with van der Waals surface area (Å²) in [6.45, 7) is 6.36. The Balaban J connectivity index is 0.000000371. The lowest BCUT2D eigenvalue weighted by Gasteiger charge is -2.02. The highest BCUT2D eigenvalue weighted by atomic mass is 31.0. The highest BCUT2D eigenvalue weighted by molar-refractivity contribution is 7.16. The molecule has 0 amide bonds. The molecule has 1 fully saturated rings. The smallest absolute Gasteiger partial charge is 0.0353 e. The molecule has 1 aliphatic rings. The first kappa shape index (κ1) is 10.4. The first-order chi connectivity index (χ1) is 4.83. The van der Waals surface area contributed by atoms with Gasteiger partial charge in [-0.25, -0.2) is 0 Å². The minimum absolute atomic E-state index is 1.01. The maximum atomic E-state index is 2.84. The van der Waals surface area contributed by atoms with Crippen LogP contribution in [0.5, 0.6) is 0 Å². The van der Waals surface area contributed by atoms with Crippen molar-refractivity contribution in [2.75, 3.05) is 6.16 Å². The van der Waals surface area contributed by atoms with Crippen LogP contribution in [-0.4, -0.2) is 6.16 Å². The molecule has 62 valence electrons. The van der Waals surface area contributed by atoms with Gasteiger partial charge in [-0.1, -0.05) is 27.2 Å². The lowest BCUT2D eigenvalue weighted by Crippen LogP contribution is -1.93. The average Bonchev–Trinajstić information content (AvgIpc) is 2.40. The van der Waals surface area contributed by atoms with Crippen LogP contribution in [-0.2, 0) is 0 Å². The first-order valence-corrected chi connectivity index (χ1v) is 5.34. The molecule has 0 heterocycles. The highest BCUT2D eigenvalue weighted by Gasteiger charge is 2.18. The zero-order valence-electron chi connectivity index (χ0n) is 7.56. The van der Waals surface area contributed by atoms with Crippen LogP contribution in [0.1, 0.15) is 40.0 Å². The lowest BCUT2D eigenvalue weighted by atomic mass is 10.1. The van der Waals surface area contributed by atoms with E-state index in [1.807, 2.05) is 13.8 Å². The molecule has 0 radical (unpaired) electrons. The van der Waals surface area contributed by atoms with Gasteiger partial charge in [0.05, 0.1) is 0 Å². The predicted octanol–water partition coefficient (Wildman–Crippen LogP) is 3.32. The molecule has 0 aromatic heterocycles. The molecule has 0 aliphatic heterocycles. The second kappa shape index (κ2) is 6.16.